The minimum atomic E-state index is -1.31. The van der Waals surface area contributed by atoms with Crippen molar-refractivity contribution in [1.82, 2.24) is 5.32 Å². The summed E-state index contributed by atoms with van der Waals surface area (Å²) in [5.74, 6) is 1.98. The second-order valence-corrected chi connectivity index (χ2v) is 9.17. The number of fused-ring (bicyclic) bond motifs is 1. The van der Waals surface area contributed by atoms with Gasteiger partial charge in [-0.25, -0.2) is 4.39 Å². The molecule has 0 aromatic heterocycles. The van der Waals surface area contributed by atoms with E-state index in [0.29, 0.717) is 6.54 Å². The molecule has 0 amide bonds. The lowest BCUT2D eigenvalue weighted by Gasteiger charge is -2.32. The molecule has 2 aromatic carbocycles. The molecule has 206 valence electrons. The first kappa shape index (κ1) is 29.1. The van der Waals surface area contributed by atoms with Gasteiger partial charge < -0.3 is 39.4 Å². The van der Waals surface area contributed by atoms with Gasteiger partial charge in [0.15, 0.2) is 0 Å². The molecule has 2 aromatic rings. The largest absolute Gasteiger partial charge is 0.497 e. The zero-order chi connectivity index (χ0) is 26.5. The molecule has 3 N–H and O–H groups in total. The molecular formula is C28H41FN2O6. The van der Waals surface area contributed by atoms with E-state index in [1.807, 2.05) is 42.5 Å². The number of ether oxygens (including phenoxy) is 4. The topological polar surface area (TPSA) is 92.7 Å². The molecule has 2 heterocycles. The molecule has 2 unspecified atom stereocenters. The van der Waals surface area contributed by atoms with Gasteiger partial charge >= 0.3 is 0 Å². The number of benzene rings is 2. The van der Waals surface area contributed by atoms with E-state index in [1.165, 1.54) is 5.56 Å². The number of aliphatic hydroxyl groups is 2. The molecule has 8 nitrogen and oxygen atoms in total. The van der Waals surface area contributed by atoms with Crippen LogP contribution in [0.25, 0.3) is 0 Å². The van der Waals surface area contributed by atoms with Gasteiger partial charge in [-0.05, 0) is 54.8 Å². The normalized spacial score (nSPS) is 19.8. The highest BCUT2D eigenvalue weighted by molar-refractivity contribution is 5.61. The number of hydrogen-bond acceptors (Lipinski definition) is 8. The third kappa shape index (κ3) is 8.83. The predicted octanol–water partition coefficient (Wildman–Crippen LogP) is 2.90. The Morgan fingerprint density at radius 3 is 2.68 bits per heavy atom. The van der Waals surface area contributed by atoms with E-state index in [0.717, 1.165) is 68.4 Å². The molecule has 9 heteroatoms. The van der Waals surface area contributed by atoms with E-state index in [4.69, 9.17) is 29.2 Å². The average molecular weight is 521 g/mol. The fourth-order valence-corrected chi connectivity index (χ4v) is 4.57. The fraction of sp³-hybridized carbons (Fsp3) is 0.571. The molecule has 0 bridgehead atoms. The minimum Gasteiger partial charge on any atom is -0.497 e. The summed E-state index contributed by atoms with van der Waals surface area (Å²) in [6.45, 7) is 4.49. The summed E-state index contributed by atoms with van der Waals surface area (Å²) in [5, 5.41) is 21.1. The fourth-order valence-electron chi connectivity index (χ4n) is 4.57. The number of anilines is 1. The summed E-state index contributed by atoms with van der Waals surface area (Å²) in [5.41, 5.74) is 3.18. The number of hydrogen-bond donors (Lipinski definition) is 3. The number of methoxy groups -OCH3 is 2. The van der Waals surface area contributed by atoms with Gasteiger partial charge in [0.05, 0.1) is 45.3 Å². The Labute approximate surface area is 219 Å². The molecule has 2 aliphatic heterocycles. The van der Waals surface area contributed by atoms with Crippen LogP contribution >= 0.6 is 0 Å². The van der Waals surface area contributed by atoms with Gasteiger partial charge in [0, 0.05) is 32.7 Å². The van der Waals surface area contributed by atoms with Crippen molar-refractivity contribution in [3.8, 4) is 11.5 Å². The van der Waals surface area contributed by atoms with Crippen LogP contribution in [0.5, 0.6) is 11.5 Å². The molecule has 1 fully saturated rings. The second kappa shape index (κ2) is 15.7. The van der Waals surface area contributed by atoms with E-state index >= 15 is 0 Å². The maximum absolute atomic E-state index is 13.1. The Kier molecular flexibility index (Phi) is 12.4. The van der Waals surface area contributed by atoms with Crippen molar-refractivity contribution >= 4 is 5.69 Å². The van der Waals surface area contributed by atoms with Crippen LogP contribution in [-0.2, 0) is 16.1 Å². The van der Waals surface area contributed by atoms with Crippen LogP contribution in [0.15, 0.2) is 42.5 Å². The van der Waals surface area contributed by atoms with Crippen molar-refractivity contribution in [2.45, 2.75) is 37.6 Å². The molecule has 0 radical (unpaired) electrons. The van der Waals surface area contributed by atoms with Gasteiger partial charge in [-0.15, -0.1) is 0 Å². The van der Waals surface area contributed by atoms with Crippen molar-refractivity contribution in [2.75, 3.05) is 71.7 Å². The summed E-state index contributed by atoms with van der Waals surface area (Å²) < 4.78 is 34.6. The van der Waals surface area contributed by atoms with Gasteiger partial charge in [-0.2, -0.15) is 0 Å². The summed E-state index contributed by atoms with van der Waals surface area (Å²) in [7, 11) is 3.36. The van der Waals surface area contributed by atoms with Crippen molar-refractivity contribution in [2.24, 2.45) is 0 Å². The average Bonchev–Trinajstić information content (AvgIpc) is 2.96. The first-order chi connectivity index (χ1) is 18.1. The lowest BCUT2D eigenvalue weighted by atomic mass is 9.87. The van der Waals surface area contributed by atoms with Crippen LogP contribution in [-0.4, -0.2) is 89.3 Å². The molecule has 3 atom stereocenters. The van der Waals surface area contributed by atoms with Crippen LogP contribution in [0.2, 0.25) is 0 Å². The number of nitrogens with one attached hydrogen (secondary N) is 1. The Bertz CT molecular complexity index is 916. The highest BCUT2D eigenvalue weighted by atomic mass is 19.1. The molecule has 0 spiro atoms. The second-order valence-electron chi connectivity index (χ2n) is 9.17. The molecule has 0 aliphatic carbocycles. The number of halogens is 1. The van der Waals surface area contributed by atoms with E-state index in [9.17, 15) is 4.39 Å². The maximum Gasteiger partial charge on any atom is 0.146 e. The lowest BCUT2D eigenvalue weighted by Crippen LogP contribution is -2.42. The molecule has 4 rings (SSSR count). The van der Waals surface area contributed by atoms with Gasteiger partial charge in [-0.1, -0.05) is 18.2 Å². The van der Waals surface area contributed by atoms with E-state index in [1.54, 1.807) is 14.2 Å². The SMILES string of the molecule is COCCCN1CCOc2ccc(CO)cc21.COc1ccc(C2CCNC[C@H]2OCC(F)CO)cc1. The molecule has 37 heavy (non-hydrogen) atoms. The first-order valence-corrected chi connectivity index (χ1v) is 12.9. The summed E-state index contributed by atoms with van der Waals surface area (Å²) in [4.78, 5) is 2.29. The van der Waals surface area contributed by atoms with Crippen LogP contribution in [0, 0.1) is 0 Å². The summed E-state index contributed by atoms with van der Waals surface area (Å²) in [6.07, 6.45) is 0.571. The van der Waals surface area contributed by atoms with E-state index < -0.39 is 12.8 Å². The quantitative estimate of drug-likeness (QED) is 0.390. The minimum absolute atomic E-state index is 0.0600. The predicted molar refractivity (Wildman–Crippen MR) is 142 cm³/mol. The molecule has 2 aliphatic rings. The van der Waals surface area contributed by atoms with Crippen LogP contribution in [0.1, 0.15) is 29.9 Å². The standard InChI is InChI=1S/C15H22FNO3.C13H19NO3/c1-19-13-4-2-11(3-5-13)14-6-7-17-8-15(14)20-10-12(16)9-18;1-16-7-2-5-14-6-8-17-13-4-3-11(10-15)9-12(13)14/h2-5,12,14-15,17-18H,6-10H2,1H3;3-4,9,15H,2,5-8,10H2,1H3/t12?,14?,15-;/m1./s1. The van der Waals surface area contributed by atoms with Crippen molar-refractivity contribution in [1.29, 1.82) is 0 Å². The van der Waals surface area contributed by atoms with Crippen molar-refractivity contribution < 1.29 is 33.6 Å². The van der Waals surface area contributed by atoms with Gasteiger partial charge in [0.25, 0.3) is 0 Å². The number of rotatable bonds is 11. The third-order valence-electron chi connectivity index (χ3n) is 6.60. The van der Waals surface area contributed by atoms with E-state index in [-0.39, 0.29) is 25.2 Å². The zero-order valence-corrected chi connectivity index (χ0v) is 21.9. The van der Waals surface area contributed by atoms with Crippen LogP contribution < -0.4 is 19.7 Å². The number of aliphatic hydroxyl groups excluding tert-OH is 2. The Balaban J connectivity index is 0.000000208. The monoisotopic (exact) mass is 520 g/mol. The zero-order valence-electron chi connectivity index (χ0n) is 21.9. The molecule has 0 saturated carbocycles. The highest BCUT2D eigenvalue weighted by Gasteiger charge is 2.28. The molecular weight excluding hydrogens is 479 g/mol. The van der Waals surface area contributed by atoms with Crippen molar-refractivity contribution in [3.63, 3.8) is 0 Å². The summed E-state index contributed by atoms with van der Waals surface area (Å²) >= 11 is 0. The van der Waals surface area contributed by atoms with Gasteiger partial charge in [-0.3, -0.25) is 0 Å². The lowest BCUT2D eigenvalue weighted by molar-refractivity contribution is -0.0169. The number of nitrogens with zero attached hydrogens (tertiary/aromatic N) is 1. The third-order valence-corrected chi connectivity index (χ3v) is 6.60. The molecule has 1 saturated heterocycles. The Morgan fingerprint density at radius 1 is 1.16 bits per heavy atom. The van der Waals surface area contributed by atoms with Crippen LogP contribution in [0.4, 0.5) is 10.1 Å². The summed E-state index contributed by atoms with van der Waals surface area (Å²) in [6, 6.07) is 13.8. The number of alkyl halides is 1. The Hall–Kier alpha value is -2.43. The van der Waals surface area contributed by atoms with E-state index in [2.05, 4.69) is 10.2 Å². The van der Waals surface area contributed by atoms with Crippen molar-refractivity contribution in [3.05, 3.63) is 53.6 Å². The van der Waals surface area contributed by atoms with Gasteiger partial charge in [0.2, 0.25) is 0 Å². The first-order valence-electron chi connectivity index (χ1n) is 12.9. The maximum atomic E-state index is 13.1. The van der Waals surface area contributed by atoms with Gasteiger partial charge in [0.1, 0.15) is 24.3 Å². The van der Waals surface area contributed by atoms with Crippen LogP contribution in [0.3, 0.4) is 0 Å². The smallest absolute Gasteiger partial charge is 0.146 e. The number of piperidine rings is 1. The Morgan fingerprint density at radius 2 is 1.97 bits per heavy atom. The highest BCUT2D eigenvalue weighted by Crippen LogP contribution is 2.32.